The first-order valence-corrected chi connectivity index (χ1v) is 5.57. The van der Waals surface area contributed by atoms with Gasteiger partial charge in [0.25, 0.3) is 0 Å². The Morgan fingerprint density at radius 2 is 2.07 bits per heavy atom. The average Bonchev–Trinajstić information content (AvgIpc) is 2.40. The van der Waals surface area contributed by atoms with Crippen LogP contribution < -0.4 is 5.32 Å². The van der Waals surface area contributed by atoms with E-state index in [1.807, 2.05) is 0 Å². The number of amides is 1. The molecule has 2 nitrogen and oxygen atoms in total. The minimum absolute atomic E-state index is 0.130. The van der Waals surface area contributed by atoms with Crippen molar-refractivity contribution in [3.05, 3.63) is 35.4 Å². The van der Waals surface area contributed by atoms with Gasteiger partial charge in [-0.3, -0.25) is 4.79 Å². The van der Waals surface area contributed by atoms with Crippen LogP contribution in [0.1, 0.15) is 24.0 Å². The second-order valence-electron chi connectivity index (χ2n) is 4.83. The molecule has 2 unspecified atom stereocenters. The first-order valence-electron chi connectivity index (χ1n) is 5.57. The fourth-order valence-corrected chi connectivity index (χ4v) is 2.93. The van der Waals surface area contributed by atoms with Crippen molar-refractivity contribution in [3.63, 3.8) is 0 Å². The maximum Gasteiger partial charge on any atom is 0.224 e. The summed E-state index contributed by atoms with van der Waals surface area (Å²) in [6.07, 6.45) is 2.21. The Bertz CT molecular complexity index is 409. The van der Waals surface area contributed by atoms with Crippen molar-refractivity contribution in [2.45, 2.75) is 25.2 Å². The molecule has 0 bridgehead atoms. The van der Waals surface area contributed by atoms with Crippen LogP contribution in [0.15, 0.2) is 24.3 Å². The van der Waals surface area contributed by atoms with Crippen molar-refractivity contribution in [2.75, 3.05) is 6.54 Å². The summed E-state index contributed by atoms with van der Waals surface area (Å²) in [5.41, 5.74) is 2.75. The molecule has 2 heteroatoms. The normalized spacial score (nSPS) is 33.1. The van der Waals surface area contributed by atoms with Crippen LogP contribution in [-0.2, 0) is 10.2 Å². The average molecular weight is 201 g/mol. The van der Waals surface area contributed by atoms with Crippen molar-refractivity contribution >= 4 is 5.91 Å². The number of hydrogen-bond acceptors (Lipinski definition) is 1. The van der Waals surface area contributed by atoms with Gasteiger partial charge in [0.2, 0.25) is 5.91 Å². The van der Waals surface area contributed by atoms with Crippen LogP contribution in [0.2, 0.25) is 0 Å². The summed E-state index contributed by atoms with van der Waals surface area (Å²) in [5, 5.41) is 3.00. The summed E-state index contributed by atoms with van der Waals surface area (Å²) in [5.74, 6) is 0.488. The van der Waals surface area contributed by atoms with E-state index < -0.39 is 0 Å². The van der Waals surface area contributed by atoms with Crippen molar-refractivity contribution in [1.29, 1.82) is 0 Å². The molecule has 0 aromatic heterocycles. The largest absolute Gasteiger partial charge is 0.355 e. The Morgan fingerprint density at radius 3 is 2.60 bits per heavy atom. The maximum atomic E-state index is 11.6. The molecular weight excluding hydrogens is 186 g/mol. The molecule has 1 amide bonds. The van der Waals surface area contributed by atoms with Gasteiger partial charge in [-0.1, -0.05) is 29.8 Å². The highest BCUT2D eigenvalue weighted by Crippen LogP contribution is 2.51. The van der Waals surface area contributed by atoms with E-state index >= 15 is 0 Å². The van der Waals surface area contributed by atoms with Gasteiger partial charge in [0.15, 0.2) is 0 Å². The van der Waals surface area contributed by atoms with Crippen LogP contribution >= 0.6 is 0 Å². The second kappa shape index (κ2) is 2.84. The van der Waals surface area contributed by atoms with Crippen molar-refractivity contribution in [1.82, 2.24) is 5.32 Å². The van der Waals surface area contributed by atoms with Gasteiger partial charge in [0.1, 0.15) is 0 Å². The Morgan fingerprint density at radius 1 is 1.33 bits per heavy atom. The Hall–Kier alpha value is -1.31. The molecule has 1 aromatic carbocycles. The van der Waals surface area contributed by atoms with E-state index in [0.29, 0.717) is 0 Å². The molecule has 15 heavy (non-hydrogen) atoms. The lowest BCUT2D eigenvalue weighted by Crippen LogP contribution is -2.44. The van der Waals surface area contributed by atoms with Crippen LogP contribution in [0.4, 0.5) is 0 Å². The van der Waals surface area contributed by atoms with Crippen LogP contribution in [0.25, 0.3) is 0 Å². The molecule has 1 heterocycles. The van der Waals surface area contributed by atoms with E-state index in [9.17, 15) is 4.79 Å². The van der Waals surface area contributed by atoms with E-state index in [2.05, 4.69) is 36.5 Å². The number of benzene rings is 1. The van der Waals surface area contributed by atoms with Gasteiger partial charge in [0, 0.05) is 17.9 Å². The predicted octanol–water partition coefficient (Wildman–Crippen LogP) is 1.77. The summed E-state index contributed by atoms with van der Waals surface area (Å²) in [7, 11) is 0. The fraction of sp³-hybridized carbons (Fsp3) is 0.462. The van der Waals surface area contributed by atoms with Crippen LogP contribution in [0, 0.1) is 12.8 Å². The summed E-state index contributed by atoms with van der Waals surface area (Å²) >= 11 is 0. The summed E-state index contributed by atoms with van der Waals surface area (Å²) < 4.78 is 0. The molecule has 2 aliphatic rings. The highest BCUT2D eigenvalue weighted by molar-refractivity contribution is 5.85. The molecule has 1 aliphatic heterocycles. The molecule has 1 aromatic rings. The van der Waals surface area contributed by atoms with Crippen LogP contribution in [0.3, 0.4) is 0 Å². The zero-order chi connectivity index (χ0) is 10.5. The molecule has 0 radical (unpaired) electrons. The van der Waals surface area contributed by atoms with Gasteiger partial charge in [-0.15, -0.1) is 0 Å². The molecule has 1 saturated heterocycles. The van der Waals surface area contributed by atoms with E-state index in [1.54, 1.807) is 0 Å². The first-order chi connectivity index (χ1) is 7.22. The number of rotatable bonds is 1. The number of carbonyl (C=O) groups excluding carboxylic acids is 1. The fourth-order valence-electron chi connectivity index (χ4n) is 2.93. The second-order valence-corrected chi connectivity index (χ2v) is 4.83. The SMILES string of the molecule is Cc1ccc(C23CCC2C(=O)NC3)cc1. The molecule has 2 fully saturated rings. The van der Waals surface area contributed by atoms with Gasteiger partial charge in [-0.05, 0) is 25.3 Å². The molecule has 1 N–H and O–H groups in total. The van der Waals surface area contributed by atoms with Crippen LogP contribution in [0.5, 0.6) is 0 Å². The van der Waals surface area contributed by atoms with Crippen molar-refractivity contribution in [3.8, 4) is 0 Å². The Balaban J connectivity index is 2.00. The van der Waals surface area contributed by atoms with Gasteiger partial charge >= 0.3 is 0 Å². The van der Waals surface area contributed by atoms with E-state index in [0.717, 1.165) is 19.4 Å². The predicted molar refractivity (Wildman–Crippen MR) is 58.6 cm³/mol. The smallest absolute Gasteiger partial charge is 0.224 e. The third-order valence-electron chi connectivity index (χ3n) is 4.07. The van der Waals surface area contributed by atoms with E-state index in [-0.39, 0.29) is 17.2 Å². The number of hydrogen-bond donors (Lipinski definition) is 1. The number of nitrogens with one attached hydrogen (secondary N) is 1. The Kier molecular flexibility index (Phi) is 1.70. The molecule has 3 rings (SSSR count). The highest BCUT2D eigenvalue weighted by atomic mass is 16.2. The van der Waals surface area contributed by atoms with Gasteiger partial charge in [0.05, 0.1) is 0 Å². The standard InChI is InChI=1S/C13H15NO/c1-9-2-4-10(5-3-9)13-7-6-11(13)12(15)14-8-13/h2-5,11H,6-8H2,1H3,(H,14,15). The molecular formula is C13H15NO. The van der Waals surface area contributed by atoms with Gasteiger partial charge in [-0.2, -0.15) is 0 Å². The summed E-state index contributed by atoms with van der Waals surface area (Å²) in [6.45, 7) is 2.93. The lowest BCUT2D eigenvalue weighted by atomic mass is 9.58. The summed E-state index contributed by atoms with van der Waals surface area (Å²) in [4.78, 5) is 11.6. The maximum absolute atomic E-state index is 11.6. The topological polar surface area (TPSA) is 29.1 Å². The van der Waals surface area contributed by atoms with E-state index in [4.69, 9.17) is 0 Å². The van der Waals surface area contributed by atoms with E-state index in [1.165, 1.54) is 11.1 Å². The Labute approximate surface area is 89.7 Å². The van der Waals surface area contributed by atoms with Crippen molar-refractivity contribution < 1.29 is 4.79 Å². The zero-order valence-electron chi connectivity index (χ0n) is 8.92. The van der Waals surface area contributed by atoms with Gasteiger partial charge < -0.3 is 5.32 Å². The minimum Gasteiger partial charge on any atom is -0.355 e. The van der Waals surface area contributed by atoms with Gasteiger partial charge in [-0.25, -0.2) is 0 Å². The van der Waals surface area contributed by atoms with Crippen LogP contribution in [-0.4, -0.2) is 12.5 Å². The number of carbonyl (C=O) groups is 1. The molecule has 2 atom stereocenters. The summed E-state index contributed by atoms with van der Waals surface area (Å²) in [6, 6.07) is 8.65. The zero-order valence-corrected chi connectivity index (χ0v) is 8.92. The lowest BCUT2D eigenvalue weighted by Gasteiger charge is -2.43. The van der Waals surface area contributed by atoms with Crippen molar-refractivity contribution in [2.24, 2.45) is 5.92 Å². The molecule has 1 saturated carbocycles. The monoisotopic (exact) mass is 201 g/mol. The number of aryl methyl sites for hydroxylation is 1. The third kappa shape index (κ3) is 1.08. The third-order valence-corrected chi connectivity index (χ3v) is 4.07. The first kappa shape index (κ1) is 8.96. The molecule has 78 valence electrons. The molecule has 0 spiro atoms. The number of fused-ring (bicyclic) bond motifs is 1. The minimum atomic E-state index is 0.130. The lowest BCUT2D eigenvalue weighted by molar-refractivity contribution is -0.125. The quantitative estimate of drug-likeness (QED) is 0.737. The molecule has 1 aliphatic carbocycles. The highest BCUT2D eigenvalue weighted by Gasteiger charge is 2.55.